The fraction of sp³-hybridized carbons (Fsp3) is 0.190. The molecule has 0 bridgehead atoms. The number of carboxylic acids is 1. The molecule has 9 heteroatoms. The first-order valence-electron chi connectivity index (χ1n) is 9.17. The number of nitrogens with two attached hydrogens (primary N) is 1. The lowest BCUT2D eigenvalue weighted by Crippen LogP contribution is -2.44. The van der Waals surface area contributed by atoms with Gasteiger partial charge in [0.25, 0.3) is 10.0 Å². The van der Waals surface area contributed by atoms with E-state index in [0.717, 1.165) is 32.9 Å². The fourth-order valence-electron chi connectivity index (χ4n) is 3.47. The van der Waals surface area contributed by atoms with Crippen LogP contribution in [0.25, 0.3) is 10.4 Å². The Hall–Kier alpha value is -2.23. The van der Waals surface area contributed by atoms with Crippen LogP contribution in [-0.4, -0.2) is 25.0 Å². The van der Waals surface area contributed by atoms with Gasteiger partial charge in [0.05, 0.1) is 0 Å². The van der Waals surface area contributed by atoms with Gasteiger partial charge in [-0.05, 0) is 47.4 Å². The predicted octanol–water partition coefficient (Wildman–Crippen LogP) is 3.82. The van der Waals surface area contributed by atoms with E-state index in [1.807, 2.05) is 12.1 Å². The number of aliphatic carboxylic acids is 1. The number of hydrogen-bond donors (Lipinski definition) is 3. The summed E-state index contributed by atoms with van der Waals surface area (Å²) in [5.74, 6) is -1.62. The first-order chi connectivity index (χ1) is 14.2. The lowest BCUT2D eigenvalue weighted by Gasteiger charge is -2.15. The molecule has 1 fully saturated rings. The molecule has 3 aromatic rings. The molecule has 30 heavy (non-hydrogen) atoms. The Balaban J connectivity index is 1.58. The van der Waals surface area contributed by atoms with Gasteiger partial charge in [-0.2, -0.15) is 4.72 Å². The number of carbonyl (C=O) groups is 1. The highest BCUT2D eigenvalue weighted by Gasteiger charge is 2.63. The maximum Gasteiger partial charge on any atom is 0.325 e. The molecule has 1 heterocycles. The average molecular weight is 463 g/mol. The summed E-state index contributed by atoms with van der Waals surface area (Å²) < 4.78 is 28.4. The highest BCUT2D eigenvalue weighted by atomic mass is 35.5. The normalized spacial score (nSPS) is 20.8. The lowest BCUT2D eigenvalue weighted by molar-refractivity contribution is -0.140. The van der Waals surface area contributed by atoms with Crippen molar-refractivity contribution in [2.45, 2.75) is 28.6 Å². The van der Waals surface area contributed by atoms with Crippen LogP contribution < -0.4 is 10.5 Å². The van der Waals surface area contributed by atoms with Crippen molar-refractivity contribution >= 4 is 38.9 Å². The second-order valence-electron chi connectivity index (χ2n) is 7.21. The van der Waals surface area contributed by atoms with Gasteiger partial charge in [0.15, 0.2) is 0 Å². The van der Waals surface area contributed by atoms with E-state index >= 15 is 0 Å². The number of halogens is 1. The Bertz CT molecular complexity index is 1190. The standard InChI is InChI=1S/C21H19ClN2O4S2/c22-16-7-5-15(6-8-16)18-9-10-19(29-18)30(27,28)24-21(20(25)26)11-17(21)14-3-1-13(12-23)2-4-14/h1-10,17,24H,11-12,23H2,(H,25,26)/t17-,21+/m0/s1. The van der Waals surface area contributed by atoms with E-state index in [2.05, 4.69) is 4.72 Å². The van der Waals surface area contributed by atoms with Crippen LogP contribution in [0.15, 0.2) is 64.9 Å². The quantitative estimate of drug-likeness (QED) is 0.494. The Labute approximate surface area is 183 Å². The molecule has 4 rings (SSSR count). The van der Waals surface area contributed by atoms with E-state index in [1.165, 1.54) is 6.07 Å². The molecule has 0 spiro atoms. The summed E-state index contributed by atoms with van der Waals surface area (Å²) in [6.45, 7) is 0.385. The Morgan fingerprint density at radius 1 is 1.13 bits per heavy atom. The largest absolute Gasteiger partial charge is 0.480 e. The van der Waals surface area contributed by atoms with Gasteiger partial charge >= 0.3 is 5.97 Å². The predicted molar refractivity (Wildman–Crippen MR) is 117 cm³/mol. The summed E-state index contributed by atoms with van der Waals surface area (Å²) in [7, 11) is -4.01. The van der Waals surface area contributed by atoms with Crippen molar-refractivity contribution in [1.82, 2.24) is 4.72 Å². The number of carboxylic acid groups (broad SMARTS) is 1. The Morgan fingerprint density at radius 2 is 1.80 bits per heavy atom. The van der Waals surface area contributed by atoms with Crippen LogP contribution in [0.4, 0.5) is 0 Å². The number of benzene rings is 2. The molecule has 156 valence electrons. The first kappa shape index (κ1) is 21.0. The second-order valence-corrected chi connectivity index (χ2v) is 10.6. The summed E-state index contributed by atoms with van der Waals surface area (Å²) in [6.07, 6.45) is 0.193. The van der Waals surface area contributed by atoms with E-state index in [1.54, 1.807) is 42.5 Å². The third-order valence-corrected chi connectivity index (χ3v) is 8.64. The molecule has 2 atom stereocenters. The van der Waals surface area contributed by atoms with Gasteiger partial charge in [-0.3, -0.25) is 4.79 Å². The number of rotatable bonds is 7. The zero-order valence-corrected chi connectivity index (χ0v) is 18.1. The van der Waals surface area contributed by atoms with Gasteiger partial charge in [-0.1, -0.05) is 48.0 Å². The van der Waals surface area contributed by atoms with Crippen LogP contribution in [-0.2, 0) is 21.4 Å². The summed E-state index contributed by atoms with van der Waals surface area (Å²) in [6, 6.07) is 17.5. The summed E-state index contributed by atoms with van der Waals surface area (Å²) >= 11 is 6.98. The van der Waals surface area contributed by atoms with Crippen molar-refractivity contribution in [2.24, 2.45) is 5.73 Å². The Kier molecular flexibility index (Phi) is 5.46. The molecule has 1 aliphatic carbocycles. The molecule has 0 unspecified atom stereocenters. The van der Waals surface area contributed by atoms with Crippen LogP contribution in [0.2, 0.25) is 5.02 Å². The highest BCUT2D eigenvalue weighted by Crippen LogP contribution is 2.52. The van der Waals surface area contributed by atoms with E-state index in [0.29, 0.717) is 11.6 Å². The molecular weight excluding hydrogens is 444 g/mol. The van der Waals surface area contributed by atoms with Crippen molar-refractivity contribution in [3.05, 3.63) is 76.8 Å². The van der Waals surface area contributed by atoms with Crippen molar-refractivity contribution in [2.75, 3.05) is 0 Å². The first-order valence-corrected chi connectivity index (χ1v) is 11.8. The summed E-state index contributed by atoms with van der Waals surface area (Å²) in [5, 5.41) is 10.4. The minimum absolute atomic E-state index is 0.0669. The molecule has 0 amide bonds. The summed E-state index contributed by atoms with van der Waals surface area (Å²) in [4.78, 5) is 12.8. The van der Waals surface area contributed by atoms with Crippen molar-refractivity contribution in [3.8, 4) is 10.4 Å². The summed E-state index contributed by atoms with van der Waals surface area (Å²) in [5.41, 5.74) is 6.58. The number of hydrogen-bond acceptors (Lipinski definition) is 5. The van der Waals surface area contributed by atoms with Gasteiger partial charge < -0.3 is 10.8 Å². The monoisotopic (exact) mass is 462 g/mol. The third-order valence-electron chi connectivity index (χ3n) is 5.25. The third kappa shape index (κ3) is 3.89. The molecular formula is C21H19ClN2O4S2. The van der Waals surface area contributed by atoms with Crippen LogP contribution in [0.1, 0.15) is 23.5 Å². The van der Waals surface area contributed by atoms with E-state index < -0.39 is 27.4 Å². The van der Waals surface area contributed by atoms with Crippen molar-refractivity contribution in [1.29, 1.82) is 0 Å². The molecule has 6 nitrogen and oxygen atoms in total. The molecule has 1 aliphatic rings. The van der Waals surface area contributed by atoms with Crippen molar-refractivity contribution in [3.63, 3.8) is 0 Å². The topological polar surface area (TPSA) is 109 Å². The maximum atomic E-state index is 13.0. The van der Waals surface area contributed by atoms with Gasteiger partial charge in [0.1, 0.15) is 9.75 Å². The molecule has 1 aromatic heterocycles. The SMILES string of the molecule is NCc1ccc([C@@H]2C[C@]2(NS(=O)(=O)c2ccc(-c3ccc(Cl)cc3)s2)C(=O)O)cc1. The van der Waals surface area contributed by atoms with Crippen LogP contribution in [0.5, 0.6) is 0 Å². The van der Waals surface area contributed by atoms with E-state index in [4.69, 9.17) is 17.3 Å². The molecule has 4 N–H and O–H groups in total. The van der Waals surface area contributed by atoms with Gasteiger partial charge in [-0.15, -0.1) is 11.3 Å². The molecule has 2 aromatic carbocycles. The van der Waals surface area contributed by atoms with Gasteiger partial charge in [0, 0.05) is 22.4 Å². The fourth-order valence-corrected chi connectivity index (χ4v) is 6.31. The lowest BCUT2D eigenvalue weighted by atomic mass is 10.0. The smallest absolute Gasteiger partial charge is 0.325 e. The van der Waals surface area contributed by atoms with Crippen LogP contribution in [0.3, 0.4) is 0 Å². The number of sulfonamides is 1. The zero-order valence-electron chi connectivity index (χ0n) is 15.7. The highest BCUT2D eigenvalue weighted by molar-refractivity contribution is 7.91. The molecule has 1 saturated carbocycles. The molecule has 0 saturated heterocycles. The molecule has 0 aliphatic heterocycles. The number of thiophene rings is 1. The number of nitrogens with one attached hydrogen (secondary N) is 1. The molecule has 0 radical (unpaired) electrons. The van der Waals surface area contributed by atoms with Crippen LogP contribution >= 0.6 is 22.9 Å². The van der Waals surface area contributed by atoms with Gasteiger partial charge in [-0.25, -0.2) is 8.42 Å². The van der Waals surface area contributed by atoms with Crippen molar-refractivity contribution < 1.29 is 18.3 Å². The van der Waals surface area contributed by atoms with Gasteiger partial charge in [0.2, 0.25) is 0 Å². The minimum Gasteiger partial charge on any atom is -0.480 e. The second kappa shape index (κ2) is 7.79. The van der Waals surface area contributed by atoms with E-state index in [9.17, 15) is 18.3 Å². The minimum atomic E-state index is -4.01. The maximum absolute atomic E-state index is 13.0. The zero-order chi connectivity index (χ0) is 21.5. The average Bonchev–Trinajstić information content (AvgIpc) is 3.21. The van der Waals surface area contributed by atoms with E-state index in [-0.39, 0.29) is 10.6 Å². The Morgan fingerprint density at radius 3 is 2.40 bits per heavy atom. The van der Waals surface area contributed by atoms with Crippen LogP contribution in [0, 0.1) is 0 Å².